The summed E-state index contributed by atoms with van der Waals surface area (Å²) in [6.45, 7) is 5.04. The number of benzene rings is 2. The van der Waals surface area contributed by atoms with Crippen molar-refractivity contribution in [3.63, 3.8) is 0 Å². The number of hydrogen-bond donors (Lipinski definition) is 0. The highest BCUT2D eigenvalue weighted by molar-refractivity contribution is 8.00. The zero-order valence-corrected chi connectivity index (χ0v) is 25.7. The van der Waals surface area contributed by atoms with Gasteiger partial charge in [0, 0.05) is 49.5 Å². The van der Waals surface area contributed by atoms with E-state index in [9.17, 15) is 26.2 Å². The lowest BCUT2D eigenvalue weighted by Crippen LogP contribution is -2.48. The van der Waals surface area contributed by atoms with Crippen molar-refractivity contribution in [3.05, 3.63) is 65.2 Å². The van der Waals surface area contributed by atoms with Gasteiger partial charge in [0.25, 0.3) is 0 Å². The van der Waals surface area contributed by atoms with E-state index in [0.717, 1.165) is 69.6 Å². The van der Waals surface area contributed by atoms with E-state index in [0.29, 0.717) is 23.6 Å². The van der Waals surface area contributed by atoms with E-state index in [-0.39, 0.29) is 35.1 Å². The van der Waals surface area contributed by atoms with Gasteiger partial charge in [-0.05, 0) is 108 Å². The minimum Gasteiger partial charge on any atom is -0.340 e. The summed E-state index contributed by atoms with van der Waals surface area (Å²) in [7, 11) is -5.33. The molecule has 0 bridgehead atoms. The Morgan fingerprint density at radius 3 is 2.17 bits per heavy atom. The predicted octanol–water partition coefficient (Wildman–Crippen LogP) is 4.52. The molecule has 1 unspecified atom stereocenters. The molecule has 6 nitrogen and oxygen atoms in total. The van der Waals surface area contributed by atoms with Gasteiger partial charge in [0.2, 0.25) is 5.91 Å². The van der Waals surface area contributed by atoms with Crippen LogP contribution in [0.2, 0.25) is 0 Å². The van der Waals surface area contributed by atoms with Crippen LogP contribution in [0.3, 0.4) is 0 Å². The van der Waals surface area contributed by atoms with Crippen molar-refractivity contribution >= 4 is 31.1 Å². The first-order valence-corrected chi connectivity index (χ1v) is 18.4. The molecule has 0 N–H and O–H groups in total. The zero-order valence-electron chi connectivity index (χ0n) is 24.1. The van der Waals surface area contributed by atoms with Crippen LogP contribution in [0.5, 0.6) is 0 Å². The standard InChI is InChI=1S/C31H42F2N2O4S2/c1-4-35(31(36)19-23-5-7-29(8-6-23)41(3,38)39)28-9-14-34(15-10-28)16-11-30(24-12-17-40(2,37)18-13-24)25-20-26(32)22-27(33)21-25/h5-8,20-22,24,28,30H,2,4,9-19H2,1,3H3. The van der Waals surface area contributed by atoms with Crippen LogP contribution in [-0.4, -0.2) is 84.2 Å². The third kappa shape index (κ3) is 8.61. The summed E-state index contributed by atoms with van der Waals surface area (Å²) in [4.78, 5) is 17.7. The summed E-state index contributed by atoms with van der Waals surface area (Å²) in [5.41, 5.74) is 1.46. The Morgan fingerprint density at radius 1 is 1.05 bits per heavy atom. The number of amides is 1. The molecule has 0 saturated carbocycles. The van der Waals surface area contributed by atoms with Gasteiger partial charge in [0.15, 0.2) is 9.84 Å². The van der Waals surface area contributed by atoms with E-state index in [2.05, 4.69) is 10.8 Å². The predicted molar refractivity (Wildman–Crippen MR) is 162 cm³/mol. The van der Waals surface area contributed by atoms with E-state index in [4.69, 9.17) is 0 Å². The molecule has 2 saturated heterocycles. The first-order chi connectivity index (χ1) is 19.3. The monoisotopic (exact) mass is 608 g/mol. The molecule has 0 aliphatic carbocycles. The van der Waals surface area contributed by atoms with E-state index < -0.39 is 31.0 Å². The summed E-state index contributed by atoms with van der Waals surface area (Å²) in [6, 6.07) is 10.4. The number of carbonyl (C=O) groups excluding carboxylic acids is 1. The fraction of sp³-hybridized carbons (Fsp3) is 0.548. The molecule has 0 spiro atoms. The SMILES string of the molecule is C=S1(=O)CCC(C(CCN2CCC(N(CC)C(=O)Cc3ccc(S(C)(=O)=O)cc3)CC2)c2cc(F)cc(F)c2)CC1. The Morgan fingerprint density at radius 2 is 1.63 bits per heavy atom. The number of likely N-dealkylation sites (tertiary alicyclic amines) is 1. The molecule has 2 heterocycles. The quantitative estimate of drug-likeness (QED) is 0.371. The lowest BCUT2D eigenvalue weighted by Gasteiger charge is -2.39. The smallest absolute Gasteiger partial charge is 0.227 e. The molecule has 1 amide bonds. The van der Waals surface area contributed by atoms with Crippen LogP contribution >= 0.6 is 0 Å². The van der Waals surface area contributed by atoms with Crippen LogP contribution in [0.15, 0.2) is 47.4 Å². The fourth-order valence-corrected chi connectivity index (χ4v) is 8.69. The highest BCUT2D eigenvalue weighted by Crippen LogP contribution is 2.37. The number of nitrogens with zero attached hydrogens (tertiary/aromatic N) is 2. The number of hydrogen-bond acceptors (Lipinski definition) is 5. The Labute approximate surface area is 244 Å². The van der Waals surface area contributed by atoms with Crippen molar-refractivity contribution in [1.29, 1.82) is 0 Å². The maximum atomic E-state index is 14.1. The Balaban J connectivity index is 1.34. The molecule has 226 valence electrons. The fourth-order valence-electron chi connectivity index (χ4n) is 6.39. The van der Waals surface area contributed by atoms with Gasteiger partial charge in [0.1, 0.15) is 11.6 Å². The minimum atomic E-state index is -3.28. The van der Waals surface area contributed by atoms with Gasteiger partial charge in [-0.15, -0.1) is 0 Å². The van der Waals surface area contributed by atoms with E-state index >= 15 is 0 Å². The molecule has 41 heavy (non-hydrogen) atoms. The molecule has 0 radical (unpaired) electrons. The van der Waals surface area contributed by atoms with E-state index in [1.807, 2.05) is 11.8 Å². The van der Waals surface area contributed by atoms with E-state index in [1.165, 1.54) is 12.1 Å². The largest absolute Gasteiger partial charge is 0.340 e. The Bertz CT molecular complexity index is 1390. The maximum Gasteiger partial charge on any atom is 0.227 e. The van der Waals surface area contributed by atoms with Crippen molar-refractivity contribution in [3.8, 4) is 0 Å². The lowest BCUT2D eigenvalue weighted by atomic mass is 9.80. The molecule has 2 aliphatic rings. The molecule has 1 atom stereocenters. The second-order valence-electron chi connectivity index (χ2n) is 11.7. The van der Waals surface area contributed by atoms with Gasteiger partial charge in [-0.25, -0.2) is 17.2 Å². The second-order valence-corrected chi connectivity index (χ2v) is 16.4. The number of piperidine rings is 1. The van der Waals surface area contributed by atoms with Crippen molar-refractivity contribution in [2.45, 2.75) is 62.3 Å². The van der Waals surface area contributed by atoms with Crippen LogP contribution in [0.4, 0.5) is 8.78 Å². The first kappa shape index (κ1) is 31.6. The average molecular weight is 609 g/mol. The Kier molecular flexibility index (Phi) is 10.3. The number of halogens is 2. The van der Waals surface area contributed by atoms with Crippen LogP contribution in [0, 0.1) is 17.6 Å². The normalized spacial score (nSPS) is 23.3. The second kappa shape index (κ2) is 13.3. The highest BCUT2D eigenvalue weighted by Gasteiger charge is 2.31. The van der Waals surface area contributed by atoms with Crippen LogP contribution < -0.4 is 0 Å². The van der Waals surface area contributed by atoms with Crippen molar-refractivity contribution < 1.29 is 26.2 Å². The molecule has 2 aliphatic heterocycles. The lowest BCUT2D eigenvalue weighted by molar-refractivity contribution is -0.133. The molecule has 2 aromatic rings. The molecule has 0 aromatic heterocycles. The summed E-state index contributed by atoms with van der Waals surface area (Å²) >= 11 is 0. The number of likely N-dealkylation sites (N-methyl/N-ethyl adjacent to an activating group) is 1. The van der Waals surface area contributed by atoms with E-state index in [1.54, 1.807) is 24.3 Å². The van der Waals surface area contributed by atoms with Crippen LogP contribution in [0.25, 0.3) is 0 Å². The highest BCUT2D eigenvalue weighted by atomic mass is 32.2. The third-order valence-electron chi connectivity index (χ3n) is 8.73. The molecule has 2 aromatic carbocycles. The van der Waals surface area contributed by atoms with Gasteiger partial charge < -0.3 is 9.80 Å². The molecular formula is C31H42F2N2O4S2. The molecule has 4 rings (SSSR count). The third-order valence-corrected chi connectivity index (χ3v) is 11.8. The minimum absolute atomic E-state index is 0.0174. The number of carbonyl (C=O) groups is 1. The van der Waals surface area contributed by atoms with Gasteiger partial charge in [-0.2, -0.15) is 0 Å². The zero-order chi connectivity index (χ0) is 29.8. The van der Waals surface area contributed by atoms with Crippen molar-refractivity contribution in [1.82, 2.24) is 9.80 Å². The summed E-state index contributed by atoms with van der Waals surface area (Å²) in [5, 5.41) is 0. The maximum absolute atomic E-state index is 14.1. The van der Waals surface area contributed by atoms with Crippen molar-refractivity contribution in [2.75, 3.05) is 43.9 Å². The number of sulfone groups is 1. The van der Waals surface area contributed by atoms with Crippen LogP contribution in [0.1, 0.15) is 56.1 Å². The van der Waals surface area contributed by atoms with Crippen LogP contribution in [-0.2, 0) is 30.6 Å². The summed E-state index contributed by atoms with van der Waals surface area (Å²) < 4.78 is 64.1. The summed E-state index contributed by atoms with van der Waals surface area (Å²) in [5.74, 6) is 4.07. The Hall–Kier alpha value is -2.30. The van der Waals surface area contributed by atoms with Crippen molar-refractivity contribution in [2.24, 2.45) is 5.92 Å². The van der Waals surface area contributed by atoms with Gasteiger partial charge in [-0.3, -0.25) is 9.00 Å². The molecule has 10 heteroatoms. The molecular weight excluding hydrogens is 566 g/mol. The first-order valence-electron chi connectivity index (χ1n) is 14.4. The van der Waals surface area contributed by atoms with Gasteiger partial charge in [0.05, 0.1) is 11.3 Å². The van der Waals surface area contributed by atoms with Gasteiger partial charge in [-0.1, -0.05) is 12.1 Å². The topological polar surface area (TPSA) is 74.8 Å². The van der Waals surface area contributed by atoms with Gasteiger partial charge >= 0.3 is 0 Å². The average Bonchev–Trinajstić information content (AvgIpc) is 2.90. The number of rotatable bonds is 10. The molecule has 2 fully saturated rings. The summed E-state index contributed by atoms with van der Waals surface area (Å²) in [6.07, 6.45) is 5.34.